The number of ether oxygens (including phenoxy) is 1. The topological polar surface area (TPSA) is 96.0 Å². The number of hydrogen-bond donors (Lipinski definition) is 1. The van der Waals surface area contributed by atoms with Gasteiger partial charge in [0.1, 0.15) is 18.3 Å². The van der Waals surface area contributed by atoms with Crippen LogP contribution in [0.5, 0.6) is 5.75 Å². The van der Waals surface area contributed by atoms with E-state index in [1.165, 1.54) is 17.0 Å². The Kier molecular flexibility index (Phi) is 10.5. The lowest BCUT2D eigenvalue weighted by atomic mass is 10.1. The fourth-order valence-electron chi connectivity index (χ4n) is 3.93. The van der Waals surface area contributed by atoms with Gasteiger partial charge in [0, 0.05) is 17.6 Å². The van der Waals surface area contributed by atoms with Crippen molar-refractivity contribution in [2.24, 2.45) is 0 Å². The maximum Gasteiger partial charge on any atom is 0.264 e. The van der Waals surface area contributed by atoms with Crippen LogP contribution in [0.1, 0.15) is 31.9 Å². The van der Waals surface area contributed by atoms with Gasteiger partial charge in [0.15, 0.2) is 0 Å². The molecule has 1 N–H and O–H groups in total. The van der Waals surface area contributed by atoms with Gasteiger partial charge >= 0.3 is 0 Å². The van der Waals surface area contributed by atoms with E-state index >= 15 is 0 Å². The third-order valence-electron chi connectivity index (χ3n) is 6.11. The molecular weight excluding hydrogens is 582 g/mol. The number of hydrogen-bond acceptors (Lipinski definition) is 5. The Morgan fingerprint density at radius 2 is 1.56 bits per heavy atom. The molecule has 10 heteroatoms. The minimum absolute atomic E-state index is 0.0363. The number of amides is 2. The van der Waals surface area contributed by atoms with Gasteiger partial charge in [-0.1, -0.05) is 45.8 Å². The summed E-state index contributed by atoms with van der Waals surface area (Å²) in [6, 6.07) is 19.6. The number of carbonyl (C=O) groups is 2. The zero-order valence-electron chi connectivity index (χ0n) is 22.6. The van der Waals surface area contributed by atoms with Gasteiger partial charge in [-0.05, 0) is 81.8 Å². The largest absolute Gasteiger partial charge is 0.494 e. The highest BCUT2D eigenvalue weighted by molar-refractivity contribution is 9.10. The summed E-state index contributed by atoms with van der Waals surface area (Å²) < 4.78 is 35.0. The Balaban J connectivity index is 2.02. The monoisotopic (exact) mass is 615 g/mol. The average Bonchev–Trinajstić information content (AvgIpc) is 2.92. The predicted octanol–water partition coefficient (Wildman–Crippen LogP) is 4.90. The Morgan fingerprint density at radius 3 is 2.13 bits per heavy atom. The van der Waals surface area contributed by atoms with Crippen molar-refractivity contribution < 1.29 is 22.7 Å². The Bertz CT molecular complexity index is 1360. The molecule has 0 radical (unpaired) electrons. The number of sulfonamides is 1. The molecule has 8 nitrogen and oxygen atoms in total. The second kappa shape index (κ2) is 13.6. The van der Waals surface area contributed by atoms with Gasteiger partial charge in [0.2, 0.25) is 11.8 Å². The molecule has 0 saturated heterocycles. The van der Waals surface area contributed by atoms with E-state index in [-0.39, 0.29) is 17.3 Å². The van der Waals surface area contributed by atoms with Crippen LogP contribution in [0.15, 0.2) is 82.2 Å². The molecular formula is C29H34BrN3O5S. The van der Waals surface area contributed by atoms with Crippen LogP contribution >= 0.6 is 15.9 Å². The first kappa shape index (κ1) is 30.2. The van der Waals surface area contributed by atoms with Crippen LogP contribution in [0.3, 0.4) is 0 Å². The van der Waals surface area contributed by atoms with Gasteiger partial charge in [0.05, 0.1) is 17.2 Å². The minimum Gasteiger partial charge on any atom is -0.494 e. The van der Waals surface area contributed by atoms with E-state index in [4.69, 9.17) is 4.74 Å². The number of rotatable bonds is 12. The second-order valence-corrected chi connectivity index (χ2v) is 11.7. The van der Waals surface area contributed by atoms with Crippen molar-refractivity contribution in [2.75, 3.05) is 24.0 Å². The highest BCUT2D eigenvalue weighted by Gasteiger charge is 2.32. The van der Waals surface area contributed by atoms with Crippen molar-refractivity contribution in [1.82, 2.24) is 10.2 Å². The molecule has 0 aliphatic heterocycles. The lowest BCUT2D eigenvalue weighted by molar-refractivity contribution is -0.139. The molecule has 0 aromatic heterocycles. The van der Waals surface area contributed by atoms with Crippen LogP contribution in [0.2, 0.25) is 0 Å². The molecule has 2 amide bonds. The third kappa shape index (κ3) is 7.83. The van der Waals surface area contributed by atoms with E-state index in [9.17, 15) is 18.0 Å². The molecule has 0 aliphatic carbocycles. The summed E-state index contributed by atoms with van der Waals surface area (Å²) in [6.07, 6.45) is 0. The van der Waals surface area contributed by atoms with Crippen LogP contribution in [-0.2, 0) is 26.2 Å². The number of nitrogens with one attached hydrogen (secondary N) is 1. The average molecular weight is 617 g/mol. The smallest absolute Gasteiger partial charge is 0.264 e. The molecule has 0 heterocycles. The number of likely N-dealkylation sites (N-methyl/N-ethyl adjacent to an activating group) is 1. The minimum atomic E-state index is -4.14. The van der Waals surface area contributed by atoms with E-state index in [1.54, 1.807) is 50.2 Å². The van der Waals surface area contributed by atoms with Crippen molar-refractivity contribution in [3.63, 3.8) is 0 Å². The molecule has 3 rings (SSSR count). The Labute approximate surface area is 239 Å². The Hall–Kier alpha value is -3.37. The lowest BCUT2D eigenvalue weighted by Crippen LogP contribution is -2.51. The van der Waals surface area contributed by atoms with Crippen molar-refractivity contribution in [3.8, 4) is 5.75 Å². The zero-order valence-corrected chi connectivity index (χ0v) is 25.0. The number of carbonyl (C=O) groups excluding carboxylic acids is 2. The van der Waals surface area contributed by atoms with Gasteiger partial charge in [-0.15, -0.1) is 0 Å². The fraction of sp³-hybridized carbons (Fsp3) is 0.310. The maximum atomic E-state index is 13.9. The first-order valence-corrected chi connectivity index (χ1v) is 14.9. The zero-order chi connectivity index (χ0) is 28.6. The summed E-state index contributed by atoms with van der Waals surface area (Å²) in [5.74, 6) is -0.246. The fourth-order valence-corrected chi connectivity index (χ4v) is 5.61. The standard InChI is InChI=1S/C29H34BrN3O5S/c1-5-31-29(35)22(4)32(19-23-9-7-21(3)8-10-23)28(34)20-33(25-13-15-26(16-14-25)38-6-2)39(36,37)27-17-11-24(30)12-18-27/h7-18,22H,5-6,19-20H2,1-4H3,(H,31,35)/t22-/m1/s1. The summed E-state index contributed by atoms with van der Waals surface area (Å²) >= 11 is 3.33. The molecule has 0 fully saturated rings. The van der Waals surface area contributed by atoms with Crippen molar-refractivity contribution >= 4 is 43.5 Å². The molecule has 0 aliphatic rings. The second-order valence-electron chi connectivity index (χ2n) is 8.97. The summed E-state index contributed by atoms with van der Waals surface area (Å²) in [7, 11) is -4.14. The molecule has 0 unspecified atom stereocenters. The van der Waals surface area contributed by atoms with E-state index in [0.29, 0.717) is 24.6 Å². The van der Waals surface area contributed by atoms with Gasteiger partial charge in [-0.2, -0.15) is 0 Å². The Morgan fingerprint density at radius 1 is 0.949 bits per heavy atom. The molecule has 39 heavy (non-hydrogen) atoms. The first-order valence-electron chi connectivity index (χ1n) is 12.7. The summed E-state index contributed by atoms with van der Waals surface area (Å²) in [4.78, 5) is 28.1. The van der Waals surface area contributed by atoms with Crippen LogP contribution in [0.4, 0.5) is 5.69 Å². The molecule has 3 aromatic rings. The van der Waals surface area contributed by atoms with Gasteiger partial charge in [0.25, 0.3) is 10.0 Å². The van der Waals surface area contributed by atoms with E-state index in [2.05, 4.69) is 21.2 Å². The van der Waals surface area contributed by atoms with Crippen LogP contribution in [0, 0.1) is 6.92 Å². The highest BCUT2D eigenvalue weighted by Crippen LogP contribution is 2.27. The molecule has 0 saturated carbocycles. The molecule has 0 spiro atoms. The van der Waals surface area contributed by atoms with Crippen LogP contribution < -0.4 is 14.4 Å². The van der Waals surface area contributed by atoms with Crippen molar-refractivity contribution in [3.05, 3.63) is 88.4 Å². The van der Waals surface area contributed by atoms with E-state index in [0.717, 1.165) is 19.9 Å². The first-order chi connectivity index (χ1) is 18.6. The van der Waals surface area contributed by atoms with E-state index < -0.39 is 28.5 Å². The summed E-state index contributed by atoms with van der Waals surface area (Å²) in [5, 5.41) is 2.76. The number of nitrogens with zero attached hydrogens (tertiary/aromatic N) is 2. The van der Waals surface area contributed by atoms with Gasteiger partial charge in [-0.25, -0.2) is 8.42 Å². The lowest BCUT2D eigenvalue weighted by Gasteiger charge is -2.32. The number of aryl methyl sites for hydroxylation is 1. The highest BCUT2D eigenvalue weighted by atomic mass is 79.9. The molecule has 1 atom stereocenters. The summed E-state index contributed by atoms with van der Waals surface area (Å²) in [6.45, 7) is 7.78. The predicted molar refractivity (Wildman–Crippen MR) is 156 cm³/mol. The summed E-state index contributed by atoms with van der Waals surface area (Å²) in [5.41, 5.74) is 2.19. The third-order valence-corrected chi connectivity index (χ3v) is 8.42. The normalized spacial score (nSPS) is 11.9. The number of benzene rings is 3. The van der Waals surface area contributed by atoms with Crippen LogP contribution in [0.25, 0.3) is 0 Å². The van der Waals surface area contributed by atoms with Crippen molar-refractivity contribution in [1.29, 1.82) is 0 Å². The SMILES string of the molecule is CCNC(=O)[C@@H](C)N(Cc1ccc(C)cc1)C(=O)CN(c1ccc(OCC)cc1)S(=O)(=O)c1ccc(Br)cc1. The number of halogens is 1. The molecule has 208 valence electrons. The van der Waals surface area contributed by atoms with Crippen molar-refractivity contribution in [2.45, 2.75) is 45.2 Å². The molecule has 3 aromatic carbocycles. The maximum absolute atomic E-state index is 13.9. The molecule has 0 bridgehead atoms. The number of anilines is 1. The van der Waals surface area contributed by atoms with Crippen LogP contribution in [-0.4, -0.2) is 50.9 Å². The van der Waals surface area contributed by atoms with Gasteiger partial charge in [-0.3, -0.25) is 13.9 Å². The quantitative estimate of drug-likeness (QED) is 0.312. The van der Waals surface area contributed by atoms with E-state index in [1.807, 2.05) is 38.1 Å². The van der Waals surface area contributed by atoms with Gasteiger partial charge < -0.3 is 15.0 Å².